The fraction of sp³-hybridized carbons (Fsp3) is 0.500. The SMILES string of the molecule is C[C@H]1OCCN[C@@H]1C(=O)N1CCc2cc(F)c(F)cc21.Cl. The highest BCUT2D eigenvalue weighted by molar-refractivity contribution is 5.99. The average Bonchev–Trinajstić information content (AvgIpc) is 2.82. The van der Waals surface area contributed by atoms with E-state index in [9.17, 15) is 13.6 Å². The molecule has 0 aromatic heterocycles. The van der Waals surface area contributed by atoms with Gasteiger partial charge >= 0.3 is 0 Å². The number of rotatable bonds is 1. The number of carbonyl (C=O) groups is 1. The number of ether oxygens (including phenoxy) is 1. The van der Waals surface area contributed by atoms with Crippen molar-refractivity contribution in [2.24, 2.45) is 0 Å². The number of carbonyl (C=O) groups excluding carboxylic acids is 1. The molecule has 0 bridgehead atoms. The summed E-state index contributed by atoms with van der Waals surface area (Å²) in [6, 6.07) is 1.83. The van der Waals surface area contributed by atoms with Crippen LogP contribution in [0.15, 0.2) is 12.1 Å². The molecular weight excluding hydrogens is 302 g/mol. The van der Waals surface area contributed by atoms with E-state index in [1.54, 1.807) is 0 Å². The molecule has 0 spiro atoms. The van der Waals surface area contributed by atoms with E-state index in [1.807, 2.05) is 6.92 Å². The average molecular weight is 319 g/mol. The van der Waals surface area contributed by atoms with Crippen molar-refractivity contribution in [2.75, 3.05) is 24.6 Å². The Morgan fingerprint density at radius 3 is 2.81 bits per heavy atom. The molecule has 2 aliphatic rings. The van der Waals surface area contributed by atoms with Gasteiger partial charge in [0.1, 0.15) is 6.04 Å². The van der Waals surface area contributed by atoms with Crippen molar-refractivity contribution in [3.05, 3.63) is 29.3 Å². The minimum atomic E-state index is -0.927. The summed E-state index contributed by atoms with van der Waals surface area (Å²) in [6.07, 6.45) is 0.311. The van der Waals surface area contributed by atoms with Gasteiger partial charge in [-0.3, -0.25) is 4.79 Å². The number of halogens is 3. The summed E-state index contributed by atoms with van der Waals surface area (Å²) < 4.78 is 32.0. The van der Waals surface area contributed by atoms with Crippen molar-refractivity contribution in [1.29, 1.82) is 0 Å². The predicted molar refractivity (Wildman–Crippen MR) is 76.9 cm³/mol. The van der Waals surface area contributed by atoms with E-state index < -0.39 is 17.7 Å². The van der Waals surface area contributed by atoms with Crippen LogP contribution in [0.3, 0.4) is 0 Å². The second-order valence-electron chi connectivity index (χ2n) is 5.14. The molecular formula is C14H17ClF2N2O2. The van der Waals surface area contributed by atoms with Gasteiger partial charge in [-0.25, -0.2) is 8.78 Å². The van der Waals surface area contributed by atoms with Crippen LogP contribution in [0, 0.1) is 11.6 Å². The Morgan fingerprint density at radius 2 is 2.10 bits per heavy atom. The summed E-state index contributed by atoms with van der Waals surface area (Å²) in [6.45, 7) is 3.46. The lowest BCUT2D eigenvalue weighted by atomic mass is 10.1. The van der Waals surface area contributed by atoms with Gasteiger partial charge in [0.25, 0.3) is 0 Å². The Bertz CT molecular complexity index is 556. The second kappa shape index (κ2) is 6.25. The first kappa shape index (κ1) is 16.1. The Morgan fingerprint density at radius 1 is 1.38 bits per heavy atom. The van der Waals surface area contributed by atoms with Crippen LogP contribution in [0.1, 0.15) is 12.5 Å². The maximum atomic E-state index is 13.4. The molecule has 4 nitrogen and oxygen atoms in total. The third-order valence-electron chi connectivity index (χ3n) is 3.87. The summed E-state index contributed by atoms with van der Waals surface area (Å²) >= 11 is 0. The first-order valence-corrected chi connectivity index (χ1v) is 6.72. The molecule has 1 N–H and O–H groups in total. The number of nitrogens with zero attached hydrogens (tertiary/aromatic N) is 1. The van der Waals surface area contributed by atoms with Gasteiger partial charge in [0, 0.05) is 19.2 Å². The summed E-state index contributed by atoms with van der Waals surface area (Å²) in [5, 5.41) is 3.12. The zero-order valence-electron chi connectivity index (χ0n) is 11.6. The van der Waals surface area contributed by atoms with Crippen LogP contribution in [-0.4, -0.2) is 37.7 Å². The maximum Gasteiger partial charge on any atom is 0.246 e. The Labute approximate surface area is 127 Å². The minimum absolute atomic E-state index is 0. The van der Waals surface area contributed by atoms with Gasteiger partial charge in [0.05, 0.1) is 18.4 Å². The first-order valence-electron chi connectivity index (χ1n) is 6.72. The van der Waals surface area contributed by atoms with Crippen LogP contribution in [0.4, 0.5) is 14.5 Å². The zero-order valence-corrected chi connectivity index (χ0v) is 12.4. The molecule has 3 rings (SSSR count). The smallest absolute Gasteiger partial charge is 0.246 e. The van der Waals surface area contributed by atoms with E-state index in [1.165, 1.54) is 11.0 Å². The summed E-state index contributed by atoms with van der Waals surface area (Å²) in [4.78, 5) is 14.1. The van der Waals surface area contributed by atoms with Gasteiger partial charge < -0.3 is 15.0 Å². The quantitative estimate of drug-likeness (QED) is 0.856. The molecule has 2 atom stereocenters. The lowest BCUT2D eigenvalue weighted by molar-refractivity contribution is -0.126. The monoisotopic (exact) mass is 318 g/mol. The van der Waals surface area contributed by atoms with E-state index >= 15 is 0 Å². The molecule has 2 heterocycles. The molecule has 116 valence electrons. The highest BCUT2D eigenvalue weighted by Crippen LogP contribution is 2.31. The molecule has 21 heavy (non-hydrogen) atoms. The molecule has 7 heteroatoms. The van der Waals surface area contributed by atoms with Crippen molar-refractivity contribution in [2.45, 2.75) is 25.5 Å². The van der Waals surface area contributed by atoms with Crippen molar-refractivity contribution >= 4 is 24.0 Å². The summed E-state index contributed by atoms with van der Waals surface area (Å²) in [7, 11) is 0. The standard InChI is InChI=1S/C14H16F2N2O2.ClH/c1-8-13(17-3-5-20-8)14(19)18-4-2-9-6-10(15)11(16)7-12(9)18;/h6-8,13,17H,2-5H2,1H3;1H/t8-,13+;/m1./s1. The number of morpholine rings is 1. The van der Waals surface area contributed by atoms with Crippen LogP contribution in [0.2, 0.25) is 0 Å². The van der Waals surface area contributed by atoms with Crippen LogP contribution < -0.4 is 10.2 Å². The van der Waals surface area contributed by atoms with Crippen molar-refractivity contribution < 1.29 is 18.3 Å². The van der Waals surface area contributed by atoms with E-state index in [2.05, 4.69) is 5.32 Å². The minimum Gasteiger partial charge on any atom is -0.375 e. The lowest BCUT2D eigenvalue weighted by Crippen LogP contribution is -2.56. The Kier molecular flexibility index (Phi) is 4.81. The fourth-order valence-corrected chi connectivity index (χ4v) is 2.79. The fourth-order valence-electron chi connectivity index (χ4n) is 2.79. The molecule has 2 aliphatic heterocycles. The highest BCUT2D eigenvalue weighted by Gasteiger charge is 2.35. The van der Waals surface area contributed by atoms with Gasteiger partial charge in [0.15, 0.2) is 11.6 Å². The third kappa shape index (κ3) is 2.88. The zero-order chi connectivity index (χ0) is 14.3. The number of hydrogen-bond donors (Lipinski definition) is 1. The summed E-state index contributed by atoms with van der Waals surface area (Å²) in [5.41, 5.74) is 1.13. The Hall–Kier alpha value is -1.24. The molecule has 0 saturated carbocycles. The number of hydrogen-bond acceptors (Lipinski definition) is 3. The van der Waals surface area contributed by atoms with E-state index in [-0.39, 0.29) is 24.4 Å². The number of amides is 1. The number of fused-ring (bicyclic) bond motifs is 1. The van der Waals surface area contributed by atoms with Gasteiger partial charge in [0.2, 0.25) is 5.91 Å². The van der Waals surface area contributed by atoms with Crippen LogP contribution >= 0.6 is 12.4 Å². The first-order chi connectivity index (χ1) is 9.58. The lowest BCUT2D eigenvalue weighted by Gasteiger charge is -2.32. The normalized spacial score (nSPS) is 24.4. The van der Waals surface area contributed by atoms with Crippen molar-refractivity contribution in [3.8, 4) is 0 Å². The van der Waals surface area contributed by atoms with E-state index in [0.29, 0.717) is 37.4 Å². The van der Waals surface area contributed by atoms with Crippen molar-refractivity contribution in [3.63, 3.8) is 0 Å². The molecule has 1 aromatic carbocycles. The van der Waals surface area contributed by atoms with Gasteiger partial charge in [-0.2, -0.15) is 0 Å². The molecule has 1 fully saturated rings. The van der Waals surface area contributed by atoms with Gasteiger partial charge in [-0.1, -0.05) is 0 Å². The largest absolute Gasteiger partial charge is 0.375 e. The second-order valence-corrected chi connectivity index (χ2v) is 5.14. The van der Waals surface area contributed by atoms with Crippen LogP contribution in [0.5, 0.6) is 0 Å². The van der Waals surface area contributed by atoms with Crippen LogP contribution in [0.25, 0.3) is 0 Å². The van der Waals surface area contributed by atoms with Gasteiger partial charge in [-0.15, -0.1) is 12.4 Å². The Balaban J connectivity index is 0.00000161. The molecule has 0 radical (unpaired) electrons. The molecule has 0 unspecified atom stereocenters. The number of anilines is 1. The molecule has 1 saturated heterocycles. The van der Waals surface area contributed by atoms with Gasteiger partial charge in [-0.05, 0) is 25.0 Å². The van der Waals surface area contributed by atoms with Crippen LogP contribution in [-0.2, 0) is 16.0 Å². The predicted octanol–water partition coefficient (Wildman–Crippen LogP) is 1.65. The molecule has 1 aromatic rings. The topological polar surface area (TPSA) is 41.6 Å². The maximum absolute atomic E-state index is 13.4. The van der Waals surface area contributed by atoms with E-state index in [0.717, 1.165) is 6.07 Å². The molecule has 0 aliphatic carbocycles. The third-order valence-corrected chi connectivity index (χ3v) is 3.87. The summed E-state index contributed by atoms with van der Waals surface area (Å²) in [5.74, 6) is -1.95. The van der Waals surface area contributed by atoms with Crippen molar-refractivity contribution in [1.82, 2.24) is 5.32 Å². The number of benzene rings is 1. The molecule has 1 amide bonds. The number of nitrogens with one attached hydrogen (secondary N) is 1. The highest BCUT2D eigenvalue weighted by atomic mass is 35.5. The van der Waals surface area contributed by atoms with E-state index in [4.69, 9.17) is 4.74 Å².